The van der Waals surface area contributed by atoms with E-state index in [0.29, 0.717) is 18.8 Å². The smallest absolute Gasteiger partial charge is 0.349 e. The summed E-state index contributed by atoms with van der Waals surface area (Å²) in [4.78, 5) is 7.04. The average Bonchev–Trinajstić information content (AvgIpc) is 2.95. The van der Waals surface area contributed by atoms with Crippen LogP contribution in [0.15, 0.2) is 36.7 Å². The second kappa shape index (κ2) is 6.76. The van der Waals surface area contributed by atoms with E-state index in [9.17, 15) is 13.2 Å². The molecule has 0 aliphatic carbocycles. The highest BCUT2D eigenvalue weighted by molar-refractivity contribution is 5.33. The topological polar surface area (TPSA) is 40.7 Å². The molecule has 0 radical (unpaired) electrons. The van der Waals surface area contributed by atoms with Crippen LogP contribution in [0.3, 0.4) is 0 Å². The zero-order chi connectivity index (χ0) is 15.3. The van der Waals surface area contributed by atoms with Gasteiger partial charge in [0.25, 0.3) is 0 Å². The molecule has 2 rings (SSSR count). The molecule has 2 N–H and O–H groups in total. The number of nitrogens with zero attached hydrogens (tertiary/aromatic N) is 1. The van der Waals surface area contributed by atoms with Gasteiger partial charge in [0.15, 0.2) is 0 Å². The zero-order valence-electron chi connectivity index (χ0n) is 11.7. The summed E-state index contributed by atoms with van der Waals surface area (Å²) in [6, 6.07) is 5.27. The van der Waals surface area contributed by atoms with E-state index in [1.165, 1.54) is 12.1 Å². The molecule has 0 bridgehead atoms. The molecule has 0 aliphatic rings. The van der Waals surface area contributed by atoms with E-state index in [4.69, 9.17) is 0 Å². The second-order valence-electron chi connectivity index (χ2n) is 4.83. The lowest BCUT2D eigenvalue weighted by Crippen LogP contribution is -2.27. The molecule has 0 amide bonds. The van der Waals surface area contributed by atoms with Crippen LogP contribution in [0, 0.1) is 0 Å². The molecule has 114 valence electrons. The molecule has 1 aromatic carbocycles. The zero-order valence-corrected chi connectivity index (χ0v) is 11.7. The first kappa shape index (κ1) is 15.6. The van der Waals surface area contributed by atoms with E-state index in [1.807, 2.05) is 6.92 Å². The monoisotopic (exact) mass is 297 g/mol. The molecule has 0 saturated heterocycles. The summed E-state index contributed by atoms with van der Waals surface area (Å²) in [5, 5.41) is 3.18. The van der Waals surface area contributed by atoms with Gasteiger partial charge in [-0.05, 0) is 24.6 Å². The first-order valence-corrected chi connectivity index (χ1v) is 6.90. The van der Waals surface area contributed by atoms with Gasteiger partial charge in [0, 0.05) is 24.9 Å². The van der Waals surface area contributed by atoms with Crippen molar-refractivity contribution in [3.8, 4) is 0 Å². The Morgan fingerprint density at radius 3 is 2.67 bits per heavy atom. The standard InChI is InChI=1S/C15H18F3N3/c1-2-7-19-13(10-14-20-8-9-21-14)11-5-3-4-6-12(11)15(16,17)18/h3-6,8-9,13,19H,2,7,10H2,1H3,(H,20,21). The maximum Gasteiger partial charge on any atom is 0.416 e. The van der Waals surface area contributed by atoms with Crippen LogP contribution < -0.4 is 5.32 Å². The third kappa shape index (κ3) is 4.07. The molecule has 3 nitrogen and oxygen atoms in total. The molecule has 1 unspecified atom stereocenters. The van der Waals surface area contributed by atoms with Gasteiger partial charge in [0.2, 0.25) is 0 Å². The molecular weight excluding hydrogens is 279 g/mol. The number of halogens is 3. The highest BCUT2D eigenvalue weighted by Gasteiger charge is 2.34. The van der Waals surface area contributed by atoms with Gasteiger partial charge in [-0.1, -0.05) is 25.1 Å². The Kier molecular flexibility index (Phi) is 5.01. The van der Waals surface area contributed by atoms with Gasteiger partial charge in [-0.15, -0.1) is 0 Å². The van der Waals surface area contributed by atoms with Crippen molar-refractivity contribution in [3.05, 3.63) is 53.6 Å². The number of rotatable bonds is 6. The van der Waals surface area contributed by atoms with E-state index >= 15 is 0 Å². The van der Waals surface area contributed by atoms with Gasteiger partial charge in [-0.3, -0.25) is 0 Å². The van der Waals surface area contributed by atoms with Gasteiger partial charge in [-0.2, -0.15) is 13.2 Å². The Morgan fingerprint density at radius 2 is 2.05 bits per heavy atom. The Labute approximate surface area is 121 Å². The summed E-state index contributed by atoms with van der Waals surface area (Å²) in [6.45, 7) is 2.63. The Bertz CT molecular complexity index is 550. The number of H-pyrrole nitrogens is 1. The lowest BCUT2D eigenvalue weighted by Gasteiger charge is -2.22. The van der Waals surface area contributed by atoms with Crippen LogP contribution in [-0.2, 0) is 12.6 Å². The maximum atomic E-state index is 13.2. The SMILES string of the molecule is CCCNC(Cc1ncc[nH]1)c1ccccc1C(F)(F)F. The molecule has 1 aromatic heterocycles. The van der Waals surface area contributed by atoms with Gasteiger partial charge in [0.05, 0.1) is 5.56 Å². The lowest BCUT2D eigenvalue weighted by atomic mass is 9.97. The number of aromatic nitrogens is 2. The second-order valence-corrected chi connectivity index (χ2v) is 4.83. The third-order valence-corrected chi connectivity index (χ3v) is 3.23. The summed E-state index contributed by atoms with van der Waals surface area (Å²) >= 11 is 0. The number of aromatic amines is 1. The van der Waals surface area contributed by atoms with E-state index < -0.39 is 17.8 Å². The molecule has 1 heterocycles. The quantitative estimate of drug-likeness (QED) is 0.853. The fourth-order valence-corrected chi connectivity index (χ4v) is 2.27. The van der Waals surface area contributed by atoms with Crippen LogP contribution in [0.1, 0.15) is 36.3 Å². The van der Waals surface area contributed by atoms with Crippen LogP contribution in [0.5, 0.6) is 0 Å². The van der Waals surface area contributed by atoms with Crippen LogP contribution in [0.2, 0.25) is 0 Å². The van der Waals surface area contributed by atoms with Crippen LogP contribution in [0.4, 0.5) is 13.2 Å². The van der Waals surface area contributed by atoms with Crippen LogP contribution >= 0.6 is 0 Å². The minimum absolute atomic E-state index is 0.259. The van der Waals surface area contributed by atoms with Crippen molar-refractivity contribution >= 4 is 0 Å². The minimum atomic E-state index is -4.36. The first-order chi connectivity index (χ1) is 10.0. The van der Waals surface area contributed by atoms with Crippen molar-refractivity contribution in [3.63, 3.8) is 0 Å². The first-order valence-electron chi connectivity index (χ1n) is 6.90. The molecule has 0 spiro atoms. The summed E-state index contributed by atoms with van der Waals surface area (Å²) in [5.74, 6) is 0.667. The number of nitrogens with one attached hydrogen (secondary N) is 2. The molecule has 1 atom stereocenters. The molecule has 0 aliphatic heterocycles. The predicted octanol–water partition coefficient (Wildman–Crippen LogP) is 3.71. The Balaban J connectivity index is 2.32. The van der Waals surface area contributed by atoms with Crippen molar-refractivity contribution in [2.45, 2.75) is 32.0 Å². The van der Waals surface area contributed by atoms with E-state index in [-0.39, 0.29) is 5.56 Å². The molecule has 0 saturated carbocycles. The largest absolute Gasteiger partial charge is 0.416 e. The molecule has 2 aromatic rings. The average molecular weight is 297 g/mol. The van der Waals surface area contributed by atoms with Crippen molar-refractivity contribution in [1.82, 2.24) is 15.3 Å². The third-order valence-electron chi connectivity index (χ3n) is 3.23. The highest BCUT2D eigenvalue weighted by Crippen LogP contribution is 2.35. The van der Waals surface area contributed by atoms with Gasteiger partial charge < -0.3 is 10.3 Å². The minimum Gasteiger partial charge on any atom is -0.349 e. The van der Waals surface area contributed by atoms with E-state index in [0.717, 1.165) is 12.5 Å². The lowest BCUT2D eigenvalue weighted by molar-refractivity contribution is -0.138. The van der Waals surface area contributed by atoms with Crippen molar-refractivity contribution in [1.29, 1.82) is 0 Å². The van der Waals surface area contributed by atoms with E-state index in [1.54, 1.807) is 18.5 Å². The molecule has 6 heteroatoms. The van der Waals surface area contributed by atoms with Crippen molar-refractivity contribution < 1.29 is 13.2 Å². The molecule has 21 heavy (non-hydrogen) atoms. The number of imidazole rings is 1. The maximum absolute atomic E-state index is 13.2. The Morgan fingerprint density at radius 1 is 1.29 bits per heavy atom. The fourth-order valence-electron chi connectivity index (χ4n) is 2.27. The van der Waals surface area contributed by atoms with Crippen LogP contribution in [0.25, 0.3) is 0 Å². The number of alkyl halides is 3. The number of benzene rings is 1. The number of hydrogen-bond acceptors (Lipinski definition) is 2. The molecular formula is C15H18F3N3. The normalized spacial score (nSPS) is 13.3. The van der Waals surface area contributed by atoms with Gasteiger partial charge in [-0.25, -0.2) is 4.98 Å². The summed E-state index contributed by atoms with van der Waals surface area (Å²) in [7, 11) is 0. The van der Waals surface area contributed by atoms with Crippen molar-refractivity contribution in [2.75, 3.05) is 6.54 Å². The summed E-state index contributed by atoms with van der Waals surface area (Å²) in [5.41, 5.74) is -0.333. The molecule has 0 fully saturated rings. The van der Waals surface area contributed by atoms with Gasteiger partial charge in [0.1, 0.15) is 5.82 Å². The van der Waals surface area contributed by atoms with Gasteiger partial charge >= 0.3 is 6.18 Å². The fraction of sp³-hybridized carbons (Fsp3) is 0.400. The van der Waals surface area contributed by atoms with Crippen molar-refractivity contribution in [2.24, 2.45) is 0 Å². The van der Waals surface area contributed by atoms with Crippen LogP contribution in [-0.4, -0.2) is 16.5 Å². The summed E-state index contributed by atoms with van der Waals surface area (Å²) in [6.07, 6.45) is 0.151. The number of hydrogen-bond donors (Lipinski definition) is 2. The highest BCUT2D eigenvalue weighted by atomic mass is 19.4. The predicted molar refractivity (Wildman–Crippen MR) is 74.8 cm³/mol. The Hall–Kier alpha value is -1.82. The summed E-state index contributed by atoms with van der Waals surface area (Å²) < 4.78 is 39.5. The van der Waals surface area contributed by atoms with E-state index in [2.05, 4.69) is 15.3 Å².